The number of thioether (sulfide) groups is 1. The van der Waals surface area contributed by atoms with Crippen molar-refractivity contribution >= 4 is 23.4 Å². The summed E-state index contributed by atoms with van der Waals surface area (Å²) in [6.07, 6.45) is 3.84. The number of halogens is 1. The molecule has 7 nitrogen and oxygen atoms in total. The highest BCUT2D eigenvalue weighted by Crippen LogP contribution is 2.28. The number of carbonyl (C=O) groups is 1. The lowest BCUT2D eigenvalue weighted by molar-refractivity contribution is -0.113. The van der Waals surface area contributed by atoms with E-state index in [2.05, 4.69) is 27.3 Å². The lowest BCUT2D eigenvalue weighted by Gasteiger charge is -2.37. The molecule has 30 heavy (non-hydrogen) atoms. The first kappa shape index (κ1) is 20.9. The minimum Gasteiger partial charge on any atom is -0.325 e. The Morgan fingerprint density at radius 2 is 1.83 bits per heavy atom. The van der Waals surface area contributed by atoms with E-state index in [-0.39, 0.29) is 23.2 Å². The maximum Gasteiger partial charge on any atom is 0.367 e. The number of piperazine rings is 1. The summed E-state index contributed by atoms with van der Waals surface area (Å²) in [5.74, 6) is -0.408. The van der Waals surface area contributed by atoms with Crippen LogP contribution in [0.3, 0.4) is 0 Å². The molecule has 0 atom stereocenters. The van der Waals surface area contributed by atoms with E-state index >= 15 is 0 Å². The Hall–Kier alpha value is -2.39. The molecule has 2 aromatic rings. The number of anilines is 1. The van der Waals surface area contributed by atoms with E-state index in [1.807, 2.05) is 0 Å². The van der Waals surface area contributed by atoms with Gasteiger partial charge in [0.15, 0.2) is 0 Å². The van der Waals surface area contributed by atoms with Gasteiger partial charge in [0.1, 0.15) is 10.8 Å². The van der Waals surface area contributed by atoms with Gasteiger partial charge in [-0.05, 0) is 57.0 Å². The molecule has 1 aliphatic heterocycles. The number of likely N-dealkylation sites (N-methyl/N-ethyl adjacent to an activating group) is 1. The van der Waals surface area contributed by atoms with Gasteiger partial charge in [-0.2, -0.15) is 4.98 Å². The zero-order valence-corrected chi connectivity index (χ0v) is 17.9. The molecule has 1 aromatic carbocycles. The molecule has 0 bridgehead atoms. The molecule has 0 spiro atoms. The minimum absolute atomic E-state index is 0.148. The van der Waals surface area contributed by atoms with E-state index in [4.69, 9.17) is 0 Å². The van der Waals surface area contributed by atoms with Crippen LogP contribution in [-0.2, 0) is 17.6 Å². The van der Waals surface area contributed by atoms with Crippen molar-refractivity contribution in [3.63, 3.8) is 0 Å². The molecule has 0 saturated carbocycles. The van der Waals surface area contributed by atoms with Crippen molar-refractivity contribution in [1.82, 2.24) is 14.6 Å². The number of nitrogens with one attached hydrogen (secondary N) is 1. The van der Waals surface area contributed by atoms with Crippen molar-refractivity contribution < 1.29 is 9.18 Å². The lowest BCUT2D eigenvalue weighted by atomic mass is 9.97. The minimum atomic E-state index is -0.348. The molecule has 2 aliphatic rings. The Morgan fingerprint density at radius 1 is 1.13 bits per heavy atom. The molecular formula is C21H26FN5O2S. The Morgan fingerprint density at radius 3 is 2.57 bits per heavy atom. The van der Waals surface area contributed by atoms with Crippen LogP contribution in [0.25, 0.3) is 0 Å². The third kappa shape index (κ3) is 4.67. The summed E-state index contributed by atoms with van der Waals surface area (Å²) < 4.78 is 14.8. The van der Waals surface area contributed by atoms with E-state index in [0.717, 1.165) is 63.1 Å². The molecule has 9 heteroatoms. The Kier molecular flexibility index (Phi) is 6.38. The van der Waals surface area contributed by atoms with Gasteiger partial charge >= 0.3 is 5.69 Å². The summed E-state index contributed by atoms with van der Waals surface area (Å²) in [6, 6.07) is 5.65. The van der Waals surface area contributed by atoms with Gasteiger partial charge in [0, 0.05) is 37.4 Å². The van der Waals surface area contributed by atoms with Crippen LogP contribution in [0.1, 0.15) is 24.1 Å². The van der Waals surface area contributed by atoms with Gasteiger partial charge in [0.2, 0.25) is 5.91 Å². The van der Waals surface area contributed by atoms with Crippen LogP contribution < -0.4 is 16.0 Å². The van der Waals surface area contributed by atoms with E-state index in [1.54, 1.807) is 4.68 Å². The molecule has 2 heterocycles. The van der Waals surface area contributed by atoms with Crippen LogP contribution in [-0.4, -0.2) is 59.4 Å². The zero-order chi connectivity index (χ0) is 21.1. The normalized spacial score (nSPS) is 16.9. The van der Waals surface area contributed by atoms with Crippen LogP contribution in [0.15, 0.2) is 34.1 Å². The number of nitrogens with zero attached hydrogens (tertiary/aromatic N) is 4. The maximum atomic E-state index is 13.0. The number of hydrogen-bond acceptors (Lipinski definition) is 6. The summed E-state index contributed by atoms with van der Waals surface area (Å²) in [6.45, 7) is 3.44. The number of aromatic nitrogens is 2. The number of carbonyl (C=O) groups excluding carboxylic acids is 1. The average Bonchev–Trinajstić information content (AvgIpc) is 2.75. The van der Waals surface area contributed by atoms with E-state index in [9.17, 15) is 14.0 Å². The van der Waals surface area contributed by atoms with Crippen LogP contribution in [0.2, 0.25) is 0 Å². The maximum absolute atomic E-state index is 13.0. The largest absolute Gasteiger partial charge is 0.367 e. The Labute approximate surface area is 179 Å². The number of benzene rings is 1. The SMILES string of the molecule is CN1CCN(n2c3c(c(SCC(=O)Nc4ccc(F)cc4)nc2=O)CCCC3)CC1. The molecule has 1 amide bonds. The fraction of sp³-hybridized carbons (Fsp3) is 0.476. The van der Waals surface area contributed by atoms with Crippen molar-refractivity contribution in [3.05, 3.63) is 51.8 Å². The van der Waals surface area contributed by atoms with E-state index < -0.39 is 0 Å². The number of amides is 1. The fourth-order valence-corrected chi connectivity index (χ4v) is 4.82. The molecule has 1 N–H and O–H groups in total. The summed E-state index contributed by atoms with van der Waals surface area (Å²) in [4.78, 5) is 31.8. The molecule has 0 unspecified atom stereocenters. The van der Waals surface area contributed by atoms with Gasteiger partial charge in [0.05, 0.1) is 11.4 Å². The highest BCUT2D eigenvalue weighted by atomic mass is 32.2. The molecule has 160 valence electrons. The smallest absolute Gasteiger partial charge is 0.325 e. The Balaban J connectivity index is 1.51. The molecule has 1 saturated heterocycles. The summed E-state index contributed by atoms with van der Waals surface area (Å²) in [5, 5.41) is 5.52. The van der Waals surface area contributed by atoms with Gasteiger partial charge in [0.25, 0.3) is 0 Å². The average molecular weight is 432 g/mol. The molecule has 1 aromatic heterocycles. The van der Waals surface area contributed by atoms with Crippen LogP contribution in [0.5, 0.6) is 0 Å². The number of rotatable bonds is 5. The van der Waals surface area contributed by atoms with Gasteiger partial charge in [-0.1, -0.05) is 11.8 Å². The first-order valence-electron chi connectivity index (χ1n) is 10.3. The fourth-order valence-electron chi connectivity index (χ4n) is 3.94. The summed E-state index contributed by atoms with van der Waals surface area (Å²) >= 11 is 1.30. The van der Waals surface area contributed by atoms with Crippen LogP contribution in [0.4, 0.5) is 10.1 Å². The predicted molar refractivity (Wildman–Crippen MR) is 116 cm³/mol. The van der Waals surface area contributed by atoms with Gasteiger partial charge in [-0.25, -0.2) is 13.9 Å². The first-order chi connectivity index (χ1) is 14.5. The van der Waals surface area contributed by atoms with Gasteiger partial charge in [-0.15, -0.1) is 0 Å². The molecule has 1 fully saturated rings. The van der Waals surface area contributed by atoms with Gasteiger partial charge < -0.3 is 15.2 Å². The molecular weight excluding hydrogens is 405 g/mol. The molecule has 4 rings (SSSR count). The van der Waals surface area contributed by atoms with Crippen molar-refractivity contribution in [1.29, 1.82) is 0 Å². The van der Waals surface area contributed by atoms with Crippen LogP contribution >= 0.6 is 11.8 Å². The standard InChI is InChI=1S/C21H26FN5O2S/c1-25-10-12-26(13-11-25)27-18-5-3-2-4-17(18)20(24-21(27)29)30-14-19(28)23-16-8-6-15(22)7-9-16/h6-9H,2-5,10-14H2,1H3,(H,23,28). The monoisotopic (exact) mass is 431 g/mol. The second-order valence-electron chi connectivity index (χ2n) is 7.74. The predicted octanol–water partition coefficient (Wildman–Crippen LogP) is 1.88. The van der Waals surface area contributed by atoms with Crippen molar-refractivity contribution in [2.45, 2.75) is 30.7 Å². The second kappa shape index (κ2) is 9.18. The Bertz CT molecular complexity index is 971. The topological polar surface area (TPSA) is 70.5 Å². The quantitative estimate of drug-likeness (QED) is 0.576. The van der Waals surface area contributed by atoms with Crippen molar-refractivity contribution in [2.75, 3.05) is 49.3 Å². The highest BCUT2D eigenvalue weighted by molar-refractivity contribution is 8.00. The van der Waals surface area contributed by atoms with Crippen molar-refractivity contribution in [3.8, 4) is 0 Å². The number of hydrogen-bond donors (Lipinski definition) is 1. The third-order valence-electron chi connectivity index (χ3n) is 5.56. The molecule has 1 aliphatic carbocycles. The third-order valence-corrected chi connectivity index (χ3v) is 6.58. The lowest BCUT2D eigenvalue weighted by Crippen LogP contribution is -2.54. The van der Waals surface area contributed by atoms with E-state index in [0.29, 0.717) is 10.7 Å². The van der Waals surface area contributed by atoms with Crippen LogP contribution in [0, 0.1) is 5.82 Å². The zero-order valence-electron chi connectivity index (χ0n) is 17.1. The second-order valence-corrected chi connectivity index (χ2v) is 8.71. The van der Waals surface area contributed by atoms with Crippen molar-refractivity contribution in [2.24, 2.45) is 0 Å². The first-order valence-corrected chi connectivity index (χ1v) is 11.3. The highest BCUT2D eigenvalue weighted by Gasteiger charge is 2.25. The number of fused-ring (bicyclic) bond motifs is 1. The molecule has 0 radical (unpaired) electrons. The summed E-state index contributed by atoms with van der Waals surface area (Å²) in [5.41, 5.74) is 2.43. The summed E-state index contributed by atoms with van der Waals surface area (Å²) in [7, 11) is 2.09. The van der Waals surface area contributed by atoms with Gasteiger partial charge in [-0.3, -0.25) is 4.79 Å². The van der Waals surface area contributed by atoms with E-state index in [1.165, 1.54) is 36.0 Å².